The summed E-state index contributed by atoms with van der Waals surface area (Å²) in [6.07, 6.45) is -16.9. The zero-order chi connectivity index (χ0) is 33.0. The van der Waals surface area contributed by atoms with Crippen molar-refractivity contribution in [2.45, 2.75) is 18.5 Å². The van der Waals surface area contributed by atoms with E-state index >= 15 is 0 Å². The zero-order valence-corrected chi connectivity index (χ0v) is 19.6. The van der Waals surface area contributed by atoms with E-state index in [9.17, 15) is 84.5 Å². The molecule has 0 aliphatic heterocycles. The first-order chi connectivity index (χ1) is 19.5. The largest absolute Gasteiger partial charge is 0.867 e. The number of nitrogens with one attached hydrogen (secondary N) is 3. The third-order valence-electron chi connectivity index (χ3n) is 4.85. The number of halogens is 9. The Morgan fingerprint density at radius 1 is 0.442 bits per heavy atom. The topological polar surface area (TPSA) is 248 Å². The SMILES string of the molecule is O=c1c(O)c(OB(Oc2[nH]c(C(F)(F)F)c(O)c(=O)c2O)Oc2[nH]c(C(F)(F)F)c(O)c(=O)c2O)[nH]c(C(F)(F)F)c1O. The molecule has 0 amide bonds. The van der Waals surface area contributed by atoms with E-state index in [0.717, 1.165) is 15.0 Å². The highest BCUT2D eigenvalue weighted by atomic mass is 19.4. The van der Waals surface area contributed by atoms with Crippen LogP contribution in [0, 0.1) is 0 Å². The van der Waals surface area contributed by atoms with Gasteiger partial charge in [-0.25, -0.2) is 0 Å². The summed E-state index contributed by atoms with van der Waals surface area (Å²) in [5.41, 5.74) is -13.8. The van der Waals surface area contributed by atoms with Gasteiger partial charge in [-0.2, -0.15) is 39.5 Å². The van der Waals surface area contributed by atoms with Crippen LogP contribution in [-0.4, -0.2) is 52.9 Å². The highest BCUT2D eigenvalue weighted by Crippen LogP contribution is 2.39. The molecule has 43 heavy (non-hydrogen) atoms. The van der Waals surface area contributed by atoms with Crippen molar-refractivity contribution in [3.63, 3.8) is 0 Å². The maximum atomic E-state index is 13.2. The third-order valence-corrected chi connectivity index (χ3v) is 4.85. The van der Waals surface area contributed by atoms with Gasteiger partial charge in [0.2, 0.25) is 34.9 Å². The summed E-state index contributed by atoms with van der Waals surface area (Å²) in [6, 6.07) is 0. The number of pyridine rings is 3. The molecule has 0 aliphatic carbocycles. The number of hydrogen-bond donors (Lipinski definition) is 9. The first kappa shape index (κ1) is 32.0. The zero-order valence-electron chi connectivity index (χ0n) is 19.6. The van der Waals surface area contributed by atoms with Crippen LogP contribution in [0.1, 0.15) is 17.1 Å². The number of aromatic amines is 3. The van der Waals surface area contributed by atoms with E-state index in [2.05, 4.69) is 14.0 Å². The lowest BCUT2D eigenvalue weighted by molar-refractivity contribution is -0.143. The molecule has 0 bridgehead atoms. The first-order valence-electron chi connectivity index (χ1n) is 10.2. The Labute approximate surface area is 225 Å². The van der Waals surface area contributed by atoms with E-state index < -0.39 is 111 Å². The van der Waals surface area contributed by atoms with Gasteiger partial charge in [0.25, 0.3) is 16.3 Å². The second-order valence-electron chi connectivity index (χ2n) is 7.70. The molecular formula is C18H9BF9N3O12. The predicted molar refractivity (Wildman–Crippen MR) is 114 cm³/mol. The van der Waals surface area contributed by atoms with Crippen molar-refractivity contribution in [1.29, 1.82) is 0 Å². The molecule has 0 unspecified atom stereocenters. The van der Waals surface area contributed by atoms with Gasteiger partial charge in [0, 0.05) is 0 Å². The highest BCUT2D eigenvalue weighted by Gasteiger charge is 2.44. The van der Waals surface area contributed by atoms with Crippen molar-refractivity contribution in [3.05, 3.63) is 47.8 Å². The molecule has 0 fully saturated rings. The fourth-order valence-electron chi connectivity index (χ4n) is 2.91. The molecule has 3 aromatic heterocycles. The Morgan fingerprint density at radius 2 is 0.651 bits per heavy atom. The Morgan fingerprint density at radius 3 is 0.837 bits per heavy atom. The van der Waals surface area contributed by atoms with Crippen LogP contribution in [0.4, 0.5) is 39.5 Å². The van der Waals surface area contributed by atoms with Crippen LogP contribution < -0.4 is 30.2 Å². The molecule has 0 saturated heterocycles. The van der Waals surface area contributed by atoms with Gasteiger partial charge in [0.05, 0.1) is 0 Å². The average Bonchev–Trinajstić information content (AvgIpc) is 2.87. The van der Waals surface area contributed by atoms with E-state index in [-0.39, 0.29) is 0 Å². The van der Waals surface area contributed by atoms with Gasteiger partial charge in [-0.3, -0.25) is 14.4 Å². The summed E-state index contributed by atoms with van der Waals surface area (Å²) in [5.74, 6) is -18.0. The fourth-order valence-corrected chi connectivity index (χ4v) is 2.91. The molecule has 234 valence electrons. The van der Waals surface area contributed by atoms with Gasteiger partial charge in [-0.1, -0.05) is 0 Å². The number of aromatic nitrogens is 3. The lowest BCUT2D eigenvalue weighted by Crippen LogP contribution is -2.39. The first-order valence-corrected chi connectivity index (χ1v) is 10.2. The molecule has 0 radical (unpaired) electrons. The van der Waals surface area contributed by atoms with Crippen LogP contribution in [0.15, 0.2) is 14.4 Å². The predicted octanol–water partition coefficient (Wildman–Crippen LogP) is 1.56. The van der Waals surface area contributed by atoms with Gasteiger partial charge in [0.1, 0.15) is 0 Å². The normalized spacial score (nSPS) is 12.2. The average molecular weight is 641 g/mol. The van der Waals surface area contributed by atoms with Crippen molar-refractivity contribution in [1.82, 2.24) is 15.0 Å². The molecule has 3 rings (SSSR count). The highest BCUT2D eigenvalue weighted by molar-refractivity contribution is 6.39. The van der Waals surface area contributed by atoms with E-state index in [4.69, 9.17) is 0 Å². The molecule has 0 saturated carbocycles. The number of H-pyrrole nitrogens is 3. The van der Waals surface area contributed by atoms with Crippen LogP contribution in [0.2, 0.25) is 0 Å². The third kappa shape index (κ3) is 6.08. The van der Waals surface area contributed by atoms with Gasteiger partial charge in [-0.05, 0) is 0 Å². The monoisotopic (exact) mass is 641 g/mol. The Bertz CT molecular complexity index is 1560. The van der Waals surface area contributed by atoms with Crippen molar-refractivity contribution in [2.24, 2.45) is 0 Å². The molecule has 15 nitrogen and oxygen atoms in total. The van der Waals surface area contributed by atoms with Crippen molar-refractivity contribution < 1.29 is 84.1 Å². The maximum absolute atomic E-state index is 13.2. The van der Waals surface area contributed by atoms with Crippen LogP contribution in [0.3, 0.4) is 0 Å². The molecule has 3 aromatic rings. The Kier molecular flexibility index (Phi) is 7.74. The molecular weight excluding hydrogens is 632 g/mol. The van der Waals surface area contributed by atoms with Gasteiger partial charge >= 0.3 is 25.9 Å². The number of hydrogen-bond acceptors (Lipinski definition) is 12. The summed E-state index contributed by atoms with van der Waals surface area (Å²) in [7, 11) is -3.33. The standard InChI is InChI=1S/C18H9BF9N3O12/c20-16(21,22)10-4(35)1(32)7(38)13(29-10)41-19(42-14-8(39)2(33)5(36)11(30-14)17(23,24)25)43-15-9(40)3(34)6(37)12(31-15)18(26,27)28/h35-40H,(H,29,32)(H,30,33)(H,31,34). The van der Waals surface area contributed by atoms with E-state index in [1.165, 1.54) is 0 Å². The minimum atomic E-state index is -5.63. The maximum Gasteiger partial charge on any atom is 0.867 e. The summed E-state index contributed by atoms with van der Waals surface area (Å²) in [6.45, 7) is 0. The molecule has 0 spiro atoms. The molecule has 9 N–H and O–H groups in total. The van der Waals surface area contributed by atoms with Crippen LogP contribution >= 0.6 is 0 Å². The van der Waals surface area contributed by atoms with Crippen molar-refractivity contribution >= 4 is 7.32 Å². The van der Waals surface area contributed by atoms with Gasteiger partial charge in [0.15, 0.2) is 34.3 Å². The summed E-state index contributed by atoms with van der Waals surface area (Å²) >= 11 is 0. The lowest BCUT2D eigenvalue weighted by atomic mass is 10.2. The minimum Gasteiger partial charge on any atom is -0.503 e. The summed E-state index contributed by atoms with van der Waals surface area (Å²) in [5, 5.41) is 57.7. The second kappa shape index (κ2) is 10.4. The lowest BCUT2D eigenvalue weighted by Gasteiger charge is -2.20. The van der Waals surface area contributed by atoms with Gasteiger partial charge < -0.3 is 59.6 Å². The molecule has 25 heteroatoms. The number of aromatic hydroxyl groups is 6. The minimum absolute atomic E-state index is 1.09. The van der Waals surface area contributed by atoms with E-state index in [1.807, 2.05) is 0 Å². The van der Waals surface area contributed by atoms with Crippen LogP contribution in [0.5, 0.6) is 52.1 Å². The van der Waals surface area contributed by atoms with E-state index in [1.54, 1.807) is 0 Å². The Hall–Kier alpha value is -5.52. The van der Waals surface area contributed by atoms with Crippen molar-refractivity contribution in [3.8, 4) is 52.1 Å². The molecule has 0 aliphatic rings. The quantitative estimate of drug-likeness (QED) is 0.138. The van der Waals surface area contributed by atoms with Gasteiger partial charge in [-0.15, -0.1) is 0 Å². The molecule has 0 aromatic carbocycles. The van der Waals surface area contributed by atoms with Crippen molar-refractivity contribution in [2.75, 3.05) is 0 Å². The molecule has 3 heterocycles. The smallest absolute Gasteiger partial charge is 0.503 e. The second-order valence-corrected chi connectivity index (χ2v) is 7.70. The van der Waals surface area contributed by atoms with E-state index in [0.29, 0.717) is 0 Å². The number of alkyl halides is 9. The summed E-state index contributed by atoms with van der Waals surface area (Å²) < 4.78 is 132. The number of rotatable bonds is 6. The fraction of sp³-hybridized carbons (Fsp3) is 0.167. The Balaban J connectivity index is 2.27. The van der Waals surface area contributed by atoms with Crippen LogP contribution in [0.25, 0.3) is 0 Å². The molecule has 0 atom stereocenters. The summed E-state index contributed by atoms with van der Waals surface area (Å²) in [4.78, 5) is 38.9. The van der Waals surface area contributed by atoms with Crippen LogP contribution in [-0.2, 0) is 18.5 Å².